The number of amides is 1. The van der Waals surface area contributed by atoms with Gasteiger partial charge < -0.3 is 24.3 Å². The molecule has 3 aromatic heterocycles. The van der Waals surface area contributed by atoms with Gasteiger partial charge in [0.25, 0.3) is 5.91 Å². The quantitative estimate of drug-likeness (QED) is 0.581. The predicted octanol–water partition coefficient (Wildman–Crippen LogP) is 1.44. The molecule has 1 N–H and O–H groups in total. The number of aromatic amines is 1. The van der Waals surface area contributed by atoms with Crippen molar-refractivity contribution in [2.45, 2.75) is 25.8 Å². The number of anilines is 1. The van der Waals surface area contributed by atoms with E-state index in [9.17, 15) is 4.79 Å². The zero-order valence-corrected chi connectivity index (χ0v) is 21.1. The standard InChI is InChI=1S/C25H34N8O3/c1-17-20(18-15-26-30(2)16-18)27-23-21(22(17)32-9-13-36-14-10-32)28-24(29-23)25(34)33-5-3-19(4-6-33)31-7-11-35-12-8-31/h15-16,19H,3-14H2,1-2H3,(H,27,28,29). The first kappa shape index (κ1) is 23.4. The fourth-order valence-electron chi connectivity index (χ4n) is 5.73. The van der Waals surface area contributed by atoms with E-state index in [4.69, 9.17) is 19.4 Å². The lowest BCUT2D eigenvalue weighted by Crippen LogP contribution is -2.50. The Morgan fingerprint density at radius 3 is 2.36 bits per heavy atom. The van der Waals surface area contributed by atoms with Crippen molar-refractivity contribution in [3.8, 4) is 11.3 Å². The Balaban J connectivity index is 1.30. The first-order chi connectivity index (χ1) is 17.6. The first-order valence-corrected chi connectivity index (χ1v) is 12.9. The highest BCUT2D eigenvalue weighted by Gasteiger charge is 2.30. The Bertz CT molecular complexity index is 1230. The van der Waals surface area contributed by atoms with Crippen molar-refractivity contribution < 1.29 is 14.3 Å². The van der Waals surface area contributed by atoms with Crippen LogP contribution in [0.4, 0.5) is 5.69 Å². The molecule has 192 valence electrons. The number of ether oxygens (including phenoxy) is 2. The van der Waals surface area contributed by atoms with Gasteiger partial charge in [-0.1, -0.05) is 0 Å². The summed E-state index contributed by atoms with van der Waals surface area (Å²) < 4.78 is 12.9. The summed E-state index contributed by atoms with van der Waals surface area (Å²) in [7, 11) is 1.90. The topological polar surface area (TPSA) is 105 Å². The summed E-state index contributed by atoms with van der Waals surface area (Å²) in [4.78, 5) is 33.2. The van der Waals surface area contributed by atoms with Crippen LogP contribution in [0.15, 0.2) is 12.4 Å². The highest BCUT2D eigenvalue weighted by atomic mass is 16.5. The fraction of sp³-hybridized carbons (Fsp3) is 0.600. The average Bonchev–Trinajstić information content (AvgIpc) is 3.55. The highest BCUT2D eigenvalue weighted by molar-refractivity contribution is 5.98. The largest absolute Gasteiger partial charge is 0.379 e. The number of fused-ring (bicyclic) bond motifs is 1. The summed E-state index contributed by atoms with van der Waals surface area (Å²) in [6, 6.07) is 0.521. The molecule has 11 nitrogen and oxygen atoms in total. The number of aryl methyl sites for hydroxylation is 1. The molecule has 6 heterocycles. The van der Waals surface area contributed by atoms with Crippen molar-refractivity contribution in [1.82, 2.24) is 34.5 Å². The fourth-order valence-corrected chi connectivity index (χ4v) is 5.73. The SMILES string of the molecule is Cc1c(-c2cnn(C)c2)nc2nc(C(=O)N3CCC(N4CCOCC4)CC3)[nH]c2c1N1CCOCC1. The molecule has 0 aromatic carbocycles. The van der Waals surface area contributed by atoms with Gasteiger partial charge in [0.1, 0.15) is 5.52 Å². The number of likely N-dealkylation sites (tertiary alicyclic amines) is 1. The van der Waals surface area contributed by atoms with E-state index in [-0.39, 0.29) is 5.91 Å². The molecule has 0 bridgehead atoms. The number of morpholine rings is 2. The number of aromatic nitrogens is 5. The van der Waals surface area contributed by atoms with Crippen LogP contribution in [0.1, 0.15) is 29.0 Å². The second-order valence-electron chi connectivity index (χ2n) is 9.89. The number of carbonyl (C=O) groups excluding carboxylic acids is 1. The number of hydrogen-bond donors (Lipinski definition) is 1. The van der Waals surface area contributed by atoms with Crippen molar-refractivity contribution in [2.24, 2.45) is 7.05 Å². The van der Waals surface area contributed by atoms with Gasteiger partial charge in [0.15, 0.2) is 11.5 Å². The van der Waals surface area contributed by atoms with Gasteiger partial charge >= 0.3 is 0 Å². The van der Waals surface area contributed by atoms with Crippen molar-refractivity contribution in [2.75, 3.05) is 70.6 Å². The van der Waals surface area contributed by atoms with Gasteiger partial charge in [-0.05, 0) is 19.8 Å². The third kappa shape index (κ3) is 4.35. The minimum atomic E-state index is -0.0538. The highest BCUT2D eigenvalue weighted by Crippen LogP contribution is 2.35. The van der Waals surface area contributed by atoms with Crippen molar-refractivity contribution in [3.63, 3.8) is 0 Å². The van der Waals surface area contributed by atoms with E-state index in [2.05, 4.69) is 26.8 Å². The number of hydrogen-bond acceptors (Lipinski definition) is 8. The summed E-state index contributed by atoms with van der Waals surface area (Å²) >= 11 is 0. The molecule has 3 fully saturated rings. The second-order valence-corrected chi connectivity index (χ2v) is 9.89. The Hall–Kier alpha value is -3.02. The van der Waals surface area contributed by atoms with E-state index in [1.54, 1.807) is 4.68 Å². The molecule has 6 rings (SSSR count). The van der Waals surface area contributed by atoms with E-state index in [0.717, 1.165) is 93.3 Å². The van der Waals surface area contributed by atoms with Crippen molar-refractivity contribution >= 4 is 22.8 Å². The lowest BCUT2D eigenvalue weighted by Gasteiger charge is -2.39. The van der Waals surface area contributed by atoms with Gasteiger partial charge in [0.05, 0.1) is 44.0 Å². The van der Waals surface area contributed by atoms with Crippen LogP contribution in [0.2, 0.25) is 0 Å². The number of nitrogens with zero attached hydrogens (tertiary/aromatic N) is 7. The summed E-state index contributed by atoms with van der Waals surface area (Å²) in [5, 5.41) is 4.33. The Labute approximate surface area is 210 Å². The molecule has 0 atom stereocenters. The molecule has 0 aliphatic carbocycles. The van der Waals surface area contributed by atoms with Gasteiger partial charge in [-0.15, -0.1) is 0 Å². The van der Waals surface area contributed by atoms with Gasteiger partial charge in [0, 0.05) is 69.7 Å². The van der Waals surface area contributed by atoms with E-state index in [0.29, 0.717) is 30.7 Å². The molecule has 0 spiro atoms. The van der Waals surface area contributed by atoms with Crippen molar-refractivity contribution in [1.29, 1.82) is 0 Å². The van der Waals surface area contributed by atoms with Gasteiger partial charge in [0.2, 0.25) is 0 Å². The molecule has 0 unspecified atom stereocenters. The summed E-state index contributed by atoms with van der Waals surface area (Å²) in [5.41, 5.74) is 5.24. The number of rotatable bonds is 4. The van der Waals surface area contributed by atoms with Crippen molar-refractivity contribution in [3.05, 3.63) is 23.8 Å². The molecular formula is C25H34N8O3. The molecule has 36 heavy (non-hydrogen) atoms. The monoisotopic (exact) mass is 494 g/mol. The first-order valence-electron chi connectivity index (χ1n) is 12.9. The molecule has 3 aliphatic heterocycles. The maximum Gasteiger partial charge on any atom is 0.289 e. The zero-order valence-electron chi connectivity index (χ0n) is 21.1. The van der Waals surface area contributed by atoms with E-state index >= 15 is 0 Å². The number of imidazole rings is 1. The minimum absolute atomic E-state index is 0.0538. The maximum absolute atomic E-state index is 13.5. The summed E-state index contributed by atoms with van der Waals surface area (Å²) in [6.07, 6.45) is 5.74. The Kier molecular flexibility index (Phi) is 6.36. The van der Waals surface area contributed by atoms with Gasteiger partial charge in [-0.3, -0.25) is 14.4 Å². The molecule has 3 saturated heterocycles. The van der Waals surface area contributed by atoms with Crippen LogP contribution in [-0.2, 0) is 16.5 Å². The molecule has 0 radical (unpaired) electrons. The molecule has 1 amide bonds. The maximum atomic E-state index is 13.5. The Morgan fingerprint density at radius 2 is 1.69 bits per heavy atom. The Morgan fingerprint density at radius 1 is 1.00 bits per heavy atom. The molecule has 0 saturated carbocycles. The number of nitrogens with one attached hydrogen (secondary N) is 1. The van der Waals surface area contributed by atoms with Crippen LogP contribution < -0.4 is 4.90 Å². The third-order valence-electron chi connectivity index (χ3n) is 7.67. The molecule has 3 aromatic rings. The van der Waals surface area contributed by atoms with E-state index < -0.39 is 0 Å². The number of piperidine rings is 1. The third-order valence-corrected chi connectivity index (χ3v) is 7.67. The minimum Gasteiger partial charge on any atom is -0.379 e. The van der Waals surface area contributed by atoms with Crippen LogP contribution in [-0.4, -0.2) is 112 Å². The number of carbonyl (C=O) groups is 1. The van der Waals surface area contributed by atoms with E-state index in [1.165, 1.54) is 0 Å². The predicted molar refractivity (Wildman–Crippen MR) is 135 cm³/mol. The lowest BCUT2D eigenvalue weighted by molar-refractivity contribution is 0.00147. The van der Waals surface area contributed by atoms with E-state index in [1.807, 2.05) is 24.3 Å². The van der Waals surface area contributed by atoms with Gasteiger partial charge in [-0.25, -0.2) is 9.97 Å². The number of H-pyrrole nitrogens is 1. The van der Waals surface area contributed by atoms with Gasteiger partial charge in [-0.2, -0.15) is 5.10 Å². The second kappa shape index (κ2) is 9.79. The summed E-state index contributed by atoms with van der Waals surface area (Å²) in [5.74, 6) is 0.307. The lowest BCUT2D eigenvalue weighted by atomic mass is 10.0. The van der Waals surface area contributed by atoms with Crippen LogP contribution in [0.25, 0.3) is 22.4 Å². The van der Waals surface area contributed by atoms with Crippen LogP contribution in [0, 0.1) is 6.92 Å². The number of pyridine rings is 1. The molecule has 11 heteroatoms. The van der Waals surface area contributed by atoms with Crippen LogP contribution in [0.5, 0.6) is 0 Å². The van der Waals surface area contributed by atoms with Crippen LogP contribution >= 0.6 is 0 Å². The van der Waals surface area contributed by atoms with Crippen LogP contribution in [0.3, 0.4) is 0 Å². The average molecular weight is 495 g/mol. The molecular weight excluding hydrogens is 460 g/mol. The summed E-state index contributed by atoms with van der Waals surface area (Å²) in [6.45, 7) is 10.0. The normalized spacial score (nSPS) is 20.4. The molecule has 3 aliphatic rings. The smallest absolute Gasteiger partial charge is 0.289 e. The zero-order chi connectivity index (χ0) is 24.6.